The van der Waals surface area contributed by atoms with Crippen molar-refractivity contribution >= 4 is 32.7 Å². The first-order chi connectivity index (χ1) is 25.5. The molecular formula is C48H32N4. The molecular weight excluding hydrogens is 633 g/mol. The Morgan fingerprint density at radius 2 is 1.29 bits per heavy atom. The molecule has 0 saturated carbocycles. The Labute approximate surface area is 301 Å². The third kappa shape index (κ3) is 4.46. The lowest BCUT2D eigenvalue weighted by Gasteiger charge is -2.22. The largest absolute Gasteiger partial charge is 0.309 e. The molecule has 0 bridgehead atoms. The zero-order valence-corrected chi connectivity index (χ0v) is 28.8. The van der Waals surface area contributed by atoms with Crippen molar-refractivity contribution in [1.29, 1.82) is 5.26 Å². The summed E-state index contributed by atoms with van der Waals surface area (Å²) in [4.78, 5) is 10.4. The highest BCUT2D eigenvalue weighted by atomic mass is 15.0. The quantitative estimate of drug-likeness (QED) is 0.188. The zero-order chi connectivity index (χ0) is 35.0. The van der Waals surface area contributed by atoms with Crippen LogP contribution < -0.4 is 0 Å². The van der Waals surface area contributed by atoms with Gasteiger partial charge in [-0.1, -0.05) is 123 Å². The third-order valence-electron chi connectivity index (χ3n) is 10.8. The molecule has 244 valence electrons. The van der Waals surface area contributed by atoms with Crippen LogP contribution in [0.5, 0.6) is 0 Å². The van der Waals surface area contributed by atoms with E-state index in [0.29, 0.717) is 11.4 Å². The maximum absolute atomic E-state index is 9.83. The van der Waals surface area contributed by atoms with Crippen LogP contribution in [-0.2, 0) is 5.41 Å². The lowest BCUT2D eigenvalue weighted by molar-refractivity contribution is 0.666. The fourth-order valence-electron chi connectivity index (χ4n) is 8.44. The SMILES string of the molecule is CC1(C)c2ccccc2-c2ccc3c(c21)c1ccccc1n3-c1cc(-c2cccc(C#N)c2)cc(-c2nc(-c3ccccc3)c3ccccc3n2)c1. The third-order valence-corrected chi connectivity index (χ3v) is 10.8. The number of fused-ring (bicyclic) bond motifs is 8. The summed E-state index contributed by atoms with van der Waals surface area (Å²) in [7, 11) is 0. The zero-order valence-electron chi connectivity index (χ0n) is 28.8. The van der Waals surface area contributed by atoms with E-state index in [1.165, 1.54) is 33.0 Å². The summed E-state index contributed by atoms with van der Waals surface area (Å²) in [6.07, 6.45) is 0. The number of para-hydroxylation sites is 2. The molecule has 2 heterocycles. The maximum Gasteiger partial charge on any atom is 0.160 e. The predicted molar refractivity (Wildman–Crippen MR) is 212 cm³/mol. The Morgan fingerprint density at radius 1 is 0.558 bits per heavy atom. The Bertz CT molecular complexity index is 2940. The van der Waals surface area contributed by atoms with Gasteiger partial charge in [0.25, 0.3) is 0 Å². The number of benzene rings is 7. The van der Waals surface area contributed by atoms with Crippen LogP contribution in [0.1, 0.15) is 30.5 Å². The molecule has 9 aromatic rings. The summed E-state index contributed by atoms with van der Waals surface area (Å²) in [5, 5.41) is 13.3. The average Bonchev–Trinajstić information content (AvgIpc) is 3.66. The van der Waals surface area contributed by atoms with Gasteiger partial charge in [0.05, 0.1) is 33.9 Å². The van der Waals surface area contributed by atoms with Crippen molar-refractivity contribution in [1.82, 2.24) is 14.5 Å². The van der Waals surface area contributed by atoms with Gasteiger partial charge < -0.3 is 4.57 Å². The minimum absolute atomic E-state index is 0.169. The number of hydrogen-bond acceptors (Lipinski definition) is 3. The van der Waals surface area contributed by atoms with E-state index in [0.717, 1.165) is 55.6 Å². The molecule has 0 N–H and O–H groups in total. The van der Waals surface area contributed by atoms with Crippen LogP contribution in [0.3, 0.4) is 0 Å². The van der Waals surface area contributed by atoms with Crippen molar-refractivity contribution in [2.75, 3.05) is 0 Å². The summed E-state index contributed by atoms with van der Waals surface area (Å²) in [6.45, 7) is 4.71. The minimum Gasteiger partial charge on any atom is -0.309 e. The van der Waals surface area contributed by atoms with Gasteiger partial charge in [-0.15, -0.1) is 0 Å². The fraction of sp³-hybridized carbons (Fsp3) is 0.0625. The Hall–Kier alpha value is -6.83. The molecule has 0 radical (unpaired) electrons. The van der Waals surface area contributed by atoms with Gasteiger partial charge in [0.2, 0.25) is 0 Å². The van der Waals surface area contributed by atoms with Crippen LogP contribution >= 0.6 is 0 Å². The van der Waals surface area contributed by atoms with E-state index in [-0.39, 0.29) is 5.41 Å². The fourth-order valence-corrected chi connectivity index (χ4v) is 8.44. The molecule has 0 unspecified atom stereocenters. The highest BCUT2D eigenvalue weighted by Crippen LogP contribution is 2.53. The molecule has 0 atom stereocenters. The molecule has 0 fully saturated rings. The van der Waals surface area contributed by atoms with Gasteiger partial charge in [-0.05, 0) is 81.9 Å². The Balaban J connectivity index is 1.28. The standard InChI is InChI=1S/C48H32N4/c1-48(2)40-20-9-6-17-36(40)37-23-24-43-44(45(37)48)39-19-8-11-22-42(39)52(43)35-27-33(32-16-12-13-30(25-32)29-49)26-34(28-35)47-50-41-21-10-7-18-38(41)46(51-47)31-14-4-3-5-15-31/h3-28H,1-2H3. The second-order valence-corrected chi connectivity index (χ2v) is 14.1. The van der Waals surface area contributed by atoms with Crippen LogP contribution in [-0.4, -0.2) is 14.5 Å². The van der Waals surface area contributed by atoms with E-state index in [2.05, 4.69) is 134 Å². The van der Waals surface area contributed by atoms with E-state index in [1.807, 2.05) is 48.5 Å². The highest BCUT2D eigenvalue weighted by molar-refractivity contribution is 6.14. The van der Waals surface area contributed by atoms with Crippen LogP contribution in [0.15, 0.2) is 158 Å². The molecule has 0 saturated heterocycles. The molecule has 1 aliphatic carbocycles. The van der Waals surface area contributed by atoms with Crippen molar-refractivity contribution in [3.63, 3.8) is 0 Å². The summed E-state index contributed by atoms with van der Waals surface area (Å²) in [5.74, 6) is 0.648. The smallest absolute Gasteiger partial charge is 0.160 e. The molecule has 0 amide bonds. The van der Waals surface area contributed by atoms with Gasteiger partial charge in [-0.3, -0.25) is 0 Å². The number of nitrogens with zero attached hydrogens (tertiary/aromatic N) is 4. The predicted octanol–water partition coefficient (Wildman–Crippen LogP) is 11.9. The topological polar surface area (TPSA) is 54.5 Å². The lowest BCUT2D eigenvalue weighted by atomic mass is 9.80. The van der Waals surface area contributed by atoms with E-state index in [1.54, 1.807) is 0 Å². The first kappa shape index (κ1) is 30.0. The molecule has 52 heavy (non-hydrogen) atoms. The second-order valence-electron chi connectivity index (χ2n) is 14.1. The molecule has 1 aliphatic rings. The summed E-state index contributed by atoms with van der Waals surface area (Å²) in [6, 6.07) is 57.5. The van der Waals surface area contributed by atoms with Crippen LogP contribution in [0.2, 0.25) is 0 Å². The van der Waals surface area contributed by atoms with E-state index < -0.39 is 0 Å². The number of hydrogen-bond donors (Lipinski definition) is 0. The number of aromatic nitrogens is 3. The van der Waals surface area contributed by atoms with Crippen LogP contribution in [0.25, 0.3) is 83.3 Å². The van der Waals surface area contributed by atoms with Gasteiger partial charge in [0.1, 0.15) is 0 Å². The molecule has 0 aliphatic heterocycles. The monoisotopic (exact) mass is 664 g/mol. The van der Waals surface area contributed by atoms with Crippen LogP contribution in [0, 0.1) is 11.3 Å². The van der Waals surface area contributed by atoms with E-state index >= 15 is 0 Å². The van der Waals surface area contributed by atoms with E-state index in [4.69, 9.17) is 9.97 Å². The minimum atomic E-state index is -0.169. The van der Waals surface area contributed by atoms with Crippen molar-refractivity contribution in [3.8, 4) is 56.7 Å². The molecule has 0 spiro atoms. The Kier molecular flexibility index (Phi) is 6.55. The number of rotatable bonds is 4. The summed E-state index contributed by atoms with van der Waals surface area (Å²) >= 11 is 0. The normalized spacial score (nSPS) is 12.9. The lowest BCUT2D eigenvalue weighted by Crippen LogP contribution is -2.15. The molecule has 10 rings (SSSR count). The first-order valence-corrected chi connectivity index (χ1v) is 17.6. The van der Waals surface area contributed by atoms with Gasteiger partial charge >= 0.3 is 0 Å². The van der Waals surface area contributed by atoms with Gasteiger partial charge in [0.15, 0.2) is 5.82 Å². The van der Waals surface area contributed by atoms with Crippen molar-refractivity contribution in [2.45, 2.75) is 19.3 Å². The second kappa shape index (κ2) is 11.3. The van der Waals surface area contributed by atoms with Gasteiger partial charge in [0, 0.05) is 38.4 Å². The van der Waals surface area contributed by atoms with Crippen molar-refractivity contribution in [2.24, 2.45) is 0 Å². The first-order valence-electron chi connectivity index (χ1n) is 17.6. The van der Waals surface area contributed by atoms with Gasteiger partial charge in [-0.25, -0.2) is 9.97 Å². The Morgan fingerprint density at radius 3 is 2.15 bits per heavy atom. The van der Waals surface area contributed by atoms with E-state index in [9.17, 15) is 5.26 Å². The summed E-state index contributed by atoms with van der Waals surface area (Å²) < 4.78 is 2.39. The van der Waals surface area contributed by atoms with Crippen molar-refractivity contribution < 1.29 is 0 Å². The van der Waals surface area contributed by atoms with Crippen LogP contribution in [0.4, 0.5) is 0 Å². The molecule has 4 heteroatoms. The maximum atomic E-state index is 9.83. The molecule has 7 aromatic carbocycles. The number of nitriles is 1. The van der Waals surface area contributed by atoms with Gasteiger partial charge in [-0.2, -0.15) is 5.26 Å². The summed E-state index contributed by atoms with van der Waals surface area (Å²) in [5.41, 5.74) is 14.8. The average molecular weight is 665 g/mol. The molecule has 4 nitrogen and oxygen atoms in total. The van der Waals surface area contributed by atoms with Crippen molar-refractivity contribution in [3.05, 3.63) is 174 Å². The molecule has 2 aromatic heterocycles. The highest BCUT2D eigenvalue weighted by Gasteiger charge is 2.38.